The van der Waals surface area contributed by atoms with E-state index in [1.54, 1.807) is 6.07 Å². The van der Waals surface area contributed by atoms with Crippen LogP contribution in [0.15, 0.2) is 66.8 Å². The summed E-state index contributed by atoms with van der Waals surface area (Å²) in [4.78, 5) is 24.0. The van der Waals surface area contributed by atoms with Gasteiger partial charge in [-0.3, -0.25) is 0 Å². The van der Waals surface area contributed by atoms with E-state index >= 15 is 0 Å². The van der Waals surface area contributed by atoms with Crippen LogP contribution in [0.4, 0.5) is 0 Å². The van der Waals surface area contributed by atoms with E-state index in [0.29, 0.717) is 17.4 Å². The normalized spacial score (nSPS) is 21.9. The van der Waals surface area contributed by atoms with Crippen molar-refractivity contribution in [3.8, 4) is 22.6 Å². The lowest BCUT2D eigenvalue weighted by Crippen LogP contribution is -2.25. The SMILES string of the molecule is C=C(CO)C(=O)OCCOc1ccc(-c2ccc(OC(=O)C(=C)CO)cc2C2CCC(C3CCC(CC)CC3)CC2)cc1. The lowest BCUT2D eigenvalue weighted by Gasteiger charge is -2.38. The second kappa shape index (κ2) is 15.9. The molecular weight excluding hydrogens is 544 g/mol. The van der Waals surface area contributed by atoms with Crippen LogP contribution in [0.1, 0.15) is 76.2 Å². The van der Waals surface area contributed by atoms with Gasteiger partial charge >= 0.3 is 11.9 Å². The molecule has 0 unspecified atom stereocenters. The van der Waals surface area contributed by atoms with Crippen molar-refractivity contribution in [2.24, 2.45) is 17.8 Å². The first-order valence-corrected chi connectivity index (χ1v) is 15.7. The van der Waals surface area contributed by atoms with Gasteiger partial charge in [0.1, 0.15) is 24.7 Å². The number of rotatable bonds is 13. The maximum Gasteiger partial charge on any atom is 0.341 e. The molecule has 7 heteroatoms. The monoisotopic (exact) mass is 590 g/mol. The van der Waals surface area contributed by atoms with Crippen molar-refractivity contribution in [1.29, 1.82) is 0 Å². The van der Waals surface area contributed by atoms with E-state index in [4.69, 9.17) is 19.3 Å². The highest BCUT2D eigenvalue weighted by molar-refractivity contribution is 5.90. The number of hydrogen-bond acceptors (Lipinski definition) is 7. The van der Waals surface area contributed by atoms with Crippen molar-refractivity contribution in [1.82, 2.24) is 0 Å². The molecule has 2 aromatic carbocycles. The van der Waals surface area contributed by atoms with Crippen LogP contribution in [0.5, 0.6) is 11.5 Å². The Bertz CT molecular complexity index is 1250. The van der Waals surface area contributed by atoms with Gasteiger partial charge in [0.05, 0.1) is 24.4 Å². The third kappa shape index (κ3) is 8.80. The van der Waals surface area contributed by atoms with Gasteiger partial charge in [-0.25, -0.2) is 9.59 Å². The van der Waals surface area contributed by atoms with Crippen LogP contribution in [0.3, 0.4) is 0 Å². The quantitative estimate of drug-likeness (QED) is 0.115. The highest BCUT2D eigenvalue weighted by atomic mass is 16.6. The fourth-order valence-electron chi connectivity index (χ4n) is 6.61. The second-order valence-corrected chi connectivity index (χ2v) is 12.0. The molecule has 2 aliphatic rings. The number of carbonyl (C=O) groups is 2. The molecule has 2 aromatic rings. The first-order valence-electron chi connectivity index (χ1n) is 15.7. The summed E-state index contributed by atoms with van der Waals surface area (Å²) in [5.41, 5.74) is 3.32. The van der Waals surface area contributed by atoms with E-state index in [2.05, 4.69) is 20.1 Å². The molecule has 0 aromatic heterocycles. The summed E-state index contributed by atoms with van der Waals surface area (Å²) in [5, 5.41) is 18.3. The van der Waals surface area contributed by atoms with Gasteiger partial charge in [0.25, 0.3) is 0 Å². The molecule has 43 heavy (non-hydrogen) atoms. The number of esters is 2. The zero-order valence-corrected chi connectivity index (χ0v) is 25.4. The predicted octanol–water partition coefficient (Wildman–Crippen LogP) is 6.77. The van der Waals surface area contributed by atoms with Crippen LogP contribution in [0.25, 0.3) is 11.1 Å². The van der Waals surface area contributed by atoms with Crippen LogP contribution in [-0.4, -0.2) is 48.6 Å². The van der Waals surface area contributed by atoms with Crippen molar-refractivity contribution < 1.29 is 34.0 Å². The Morgan fingerprint density at radius 2 is 1.35 bits per heavy atom. The van der Waals surface area contributed by atoms with E-state index < -0.39 is 25.2 Å². The van der Waals surface area contributed by atoms with E-state index in [-0.39, 0.29) is 24.4 Å². The first kappa shape index (κ1) is 32.5. The molecule has 4 rings (SSSR count). The Morgan fingerprint density at radius 3 is 1.95 bits per heavy atom. The molecule has 232 valence electrons. The molecule has 0 aliphatic heterocycles. The zero-order valence-electron chi connectivity index (χ0n) is 25.4. The summed E-state index contributed by atoms with van der Waals surface area (Å²) in [6.45, 7) is 8.70. The van der Waals surface area contributed by atoms with Crippen molar-refractivity contribution in [2.45, 2.75) is 70.6 Å². The molecule has 2 N–H and O–H groups in total. The summed E-state index contributed by atoms with van der Waals surface area (Å²) in [6, 6.07) is 13.6. The van der Waals surface area contributed by atoms with Gasteiger partial charge in [0, 0.05) is 0 Å². The van der Waals surface area contributed by atoms with Crippen LogP contribution >= 0.6 is 0 Å². The maximum atomic E-state index is 12.3. The fraction of sp³-hybridized carbons (Fsp3) is 0.500. The van der Waals surface area contributed by atoms with Gasteiger partial charge in [-0.2, -0.15) is 0 Å². The average molecular weight is 591 g/mol. The van der Waals surface area contributed by atoms with Crippen LogP contribution in [0, 0.1) is 17.8 Å². The van der Waals surface area contributed by atoms with Gasteiger partial charge in [-0.05, 0) is 103 Å². The van der Waals surface area contributed by atoms with Gasteiger partial charge in [-0.15, -0.1) is 0 Å². The molecule has 7 nitrogen and oxygen atoms in total. The molecule has 2 aliphatic carbocycles. The van der Waals surface area contributed by atoms with E-state index in [1.807, 2.05) is 36.4 Å². The van der Waals surface area contributed by atoms with Gasteiger partial charge < -0.3 is 24.4 Å². The summed E-state index contributed by atoms with van der Waals surface area (Å²) in [6.07, 6.45) is 11.5. The Hall–Kier alpha value is -3.42. The first-order chi connectivity index (χ1) is 20.8. The molecule has 0 spiro atoms. The topological polar surface area (TPSA) is 102 Å². The third-order valence-electron chi connectivity index (χ3n) is 9.29. The van der Waals surface area contributed by atoms with E-state index in [9.17, 15) is 14.7 Å². The second-order valence-electron chi connectivity index (χ2n) is 12.0. The maximum absolute atomic E-state index is 12.3. The van der Waals surface area contributed by atoms with Crippen LogP contribution < -0.4 is 9.47 Å². The predicted molar refractivity (Wildman–Crippen MR) is 167 cm³/mol. The molecule has 0 bridgehead atoms. The standard InChI is InChI=1S/C36H46O7/c1-4-26-5-7-27(8-6-26)28-9-11-30(12-10-28)34-21-32(43-36(40)25(3)23-38)17-18-33(34)29-13-15-31(16-14-29)41-19-20-42-35(39)24(2)22-37/h13-18,21,26-28,30,37-38H,2-12,19-20,22-23H2,1H3. The smallest absolute Gasteiger partial charge is 0.341 e. The lowest BCUT2D eigenvalue weighted by atomic mass is 9.67. The lowest BCUT2D eigenvalue weighted by molar-refractivity contribution is -0.140. The van der Waals surface area contributed by atoms with Crippen molar-refractivity contribution in [3.63, 3.8) is 0 Å². The Labute approximate surface area is 255 Å². The van der Waals surface area contributed by atoms with E-state index in [0.717, 1.165) is 47.3 Å². The Morgan fingerprint density at radius 1 is 0.767 bits per heavy atom. The van der Waals surface area contributed by atoms with Crippen LogP contribution in [0.2, 0.25) is 0 Å². The molecule has 2 fully saturated rings. The Kier molecular flexibility index (Phi) is 12.0. The molecule has 0 atom stereocenters. The highest BCUT2D eigenvalue weighted by Crippen LogP contribution is 2.46. The summed E-state index contributed by atoms with van der Waals surface area (Å²) >= 11 is 0. The number of carbonyl (C=O) groups excluding carboxylic acids is 2. The van der Waals surface area contributed by atoms with Crippen molar-refractivity contribution >= 4 is 11.9 Å². The van der Waals surface area contributed by atoms with Gasteiger partial charge in [0.2, 0.25) is 0 Å². The number of benzene rings is 2. The average Bonchev–Trinajstić information content (AvgIpc) is 3.06. The van der Waals surface area contributed by atoms with Gasteiger partial charge in [-0.1, -0.05) is 57.5 Å². The Balaban J connectivity index is 1.45. The molecule has 0 heterocycles. The number of aliphatic hydroxyl groups excluding tert-OH is 2. The minimum atomic E-state index is -0.637. The molecular formula is C36H46O7. The summed E-state index contributed by atoms with van der Waals surface area (Å²) in [5.74, 6) is 2.76. The van der Waals surface area contributed by atoms with Crippen molar-refractivity contribution in [2.75, 3.05) is 26.4 Å². The molecule has 0 amide bonds. The zero-order chi connectivity index (χ0) is 30.8. The molecule has 2 saturated carbocycles. The third-order valence-corrected chi connectivity index (χ3v) is 9.29. The molecule has 0 radical (unpaired) electrons. The number of hydrogen-bond donors (Lipinski definition) is 2. The fourth-order valence-corrected chi connectivity index (χ4v) is 6.61. The van der Waals surface area contributed by atoms with Crippen LogP contribution in [-0.2, 0) is 14.3 Å². The minimum Gasteiger partial charge on any atom is -0.490 e. The minimum absolute atomic E-state index is 0.00635. The summed E-state index contributed by atoms with van der Waals surface area (Å²) < 4.78 is 16.3. The largest absolute Gasteiger partial charge is 0.490 e. The summed E-state index contributed by atoms with van der Waals surface area (Å²) in [7, 11) is 0. The van der Waals surface area contributed by atoms with E-state index in [1.165, 1.54) is 44.9 Å². The van der Waals surface area contributed by atoms with Gasteiger partial charge in [0.15, 0.2) is 0 Å². The number of ether oxygens (including phenoxy) is 3. The molecule has 0 saturated heterocycles. The number of aliphatic hydroxyl groups is 2. The highest BCUT2D eigenvalue weighted by Gasteiger charge is 2.32. The van der Waals surface area contributed by atoms with Crippen molar-refractivity contribution in [3.05, 3.63) is 72.3 Å².